The number of hydrogen-bond acceptors (Lipinski definition) is 2. The monoisotopic (exact) mass is 146 g/mol. The summed E-state index contributed by atoms with van der Waals surface area (Å²) in [5.41, 5.74) is 0. The summed E-state index contributed by atoms with van der Waals surface area (Å²) in [5.74, 6) is 0. The highest BCUT2D eigenvalue weighted by molar-refractivity contribution is 4.60. The second-order valence-electron chi connectivity index (χ2n) is 2.36. The Hall–Kier alpha value is -0.0800. The topological polar surface area (TPSA) is 29.5 Å². The summed E-state index contributed by atoms with van der Waals surface area (Å²) in [4.78, 5) is 0. The first kappa shape index (κ1) is 9.92. The molecule has 2 nitrogen and oxygen atoms in total. The largest absolute Gasteiger partial charge is 0.397 e. The van der Waals surface area contributed by atoms with E-state index < -0.39 is 0 Å². The van der Waals surface area contributed by atoms with E-state index in [0.29, 0.717) is 6.10 Å². The van der Waals surface area contributed by atoms with Crippen LogP contribution in [0, 0.1) is 0 Å². The lowest BCUT2D eigenvalue weighted by Crippen LogP contribution is -2.00. The second kappa shape index (κ2) is 7.03. The molecule has 1 saturated heterocycles. The number of rotatable bonds is 1. The maximum atomic E-state index is 7.57. The summed E-state index contributed by atoms with van der Waals surface area (Å²) in [6.07, 6.45) is 4.36. The van der Waals surface area contributed by atoms with Crippen molar-refractivity contribution in [1.29, 1.82) is 0 Å². The standard InChI is InChI=1S/C6H12O.C2H6O/c1-2-6-4-3-5-7-6;1-2-3/h6H,2-5H2,1H3;3H,2H2,1H3. The molecule has 0 aliphatic carbocycles. The highest BCUT2D eigenvalue weighted by atomic mass is 16.5. The van der Waals surface area contributed by atoms with Crippen molar-refractivity contribution in [2.75, 3.05) is 13.2 Å². The van der Waals surface area contributed by atoms with Crippen LogP contribution < -0.4 is 0 Å². The molecule has 1 rings (SSSR count). The summed E-state index contributed by atoms with van der Waals surface area (Å²) >= 11 is 0. The van der Waals surface area contributed by atoms with E-state index >= 15 is 0 Å². The van der Waals surface area contributed by atoms with E-state index in [1.165, 1.54) is 19.3 Å². The first-order valence-electron chi connectivity index (χ1n) is 4.07. The van der Waals surface area contributed by atoms with Crippen molar-refractivity contribution in [2.24, 2.45) is 0 Å². The lowest BCUT2D eigenvalue weighted by molar-refractivity contribution is 0.108. The Bertz CT molecular complexity index is 58.3. The van der Waals surface area contributed by atoms with Gasteiger partial charge in [-0.1, -0.05) is 6.92 Å². The Balaban J connectivity index is 0.000000236. The van der Waals surface area contributed by atoms with Crippen LogP contribution >= 0.6 is 0 Å². The highest BCUT2D eigenvalue weighted by Gasteiger charge is 2.11. The number of hydrogen-bond donors (Lipinski definition) is 1. The number of aliphatic hydroxyl groups is 1. The zero-order valence-electron chi connectivity index (χ0n) is 6.97. The Morgan fingerprint density at radius 1 is 1.50 bits per heavy atom. The van der Waals surface area contributed by atoms with Gasteiger partial charge in [0.25, 0.3) is 0 Å². The van der Waals surface area contributed by atoms with E-state index in [9.17, 15) is 0 Å². The molecule has 0 aromatic heterocycles. The van der Waals surface area contributed by atoms with Gasteiger partial charge in [0, 0.05) is 13.2 Å². The van der Waals surface area contributed by atoms with Crippen LogP contribution in [0.15, 0.2) is 0 Å². The van der Waals surface area contributed by atoms with Gasteiger partial charge < -0.3 is 9.84 Å². The van der Waals surface area contributed by atoms with E-state index in [4.69, 9.17) is 9.84 Å². The Morgan fingerprint density at radius 2 is 2.10 bits per heavy atom. The molecule has 1 fully saturated rings. The Labute approximate surface area is 63.2 Å². The summed E-state index contributed by atoms with van der Waals surface area (Å²) < 4.78 is 5.30. The molecule has 62 valence electrons. The lowest BCUT2D eigenvalue weighted by Gasteiger charge is -2.01. The van der Waals surface area contributed by atoms with Gasteiger partial charge in [-0.05, 0) is 26.2 Å². The van der Waals surface area contributed by atoms with E-state index in [1.54, 1.807) is 6.92 Å². The highest BCUT2D eigenvalue weighted by Crippen LogP contribution is 2.13. The molecule has 0 spiro atoms. The summed E-state index contributed by atoms with van der Waals surface area (Å²) in [7, 11) is 0. The van der Waals surface area contributed by atoms with Gasteiger partial charge in [-0.25, -0.2) is 0 Å². The van der Waals surface area contributed by atoms with Gasteiger partial charge in [-0.2, -0.15) is 0 Å². The maximum absolute atomic E-state index is 7.57. The first-order chi connectivity index (χ1) is 4.85. The molecule has 0 aromatic carbocycles. The molecule has 0 saturated carbocycles. The molecular formula is C8H18O2. The third-order valence-electron chi connectivity index (χ3n) is 1.48. The lowest BCUT2D eigenvalue weighted by atomic mass is 10.2. The van der Waals surface area contributed by atoms with E-state index in [1.807, 2.05) is 0 Å². The zero-order chi connectivity index (χ0) is 7.82. The second-order valence-corrected chi connectivity index (χ2v) is 2.36. The smallest absolute Gasteiger partial charge is 0.0573 e. The molecular weight excluding hydrogens is 128 g/mol. The molecule has 10 heavy (non-hydrogen) atoms. The van der Waals surface area contributed by atoms with E-state index in [0.717, 1.165) is 6.61 Å². The van der Waals surface area contributed by atoms with Crippen molar-refractivity contribution in [2.45, 2.75) is 39.2 Å². The summed E-state index contributed by atoms with van der Waals surface area (Å²) in [5, 5.41) is 7.57. The van der Waals surface area contributed by atoms with Crippen LogP contribution in [-0.4, -0.2) is 24.4 Å². The fourth-order valence-electron chi connectivity index (χ4n) is 0.966. The normalized spacial score (nSPS) is 23.7. The predicted octanol–water partition coefficient (Wildman–Crippen LogP) is 1.57. The van der Waals surface area contributed by atoms with Gasteiger partial charge in [0.15, 0.2) is 0 Å². The van der Waals surface area contributed by atoms with Crippen LogP contribution in [0.5, 0.6) is 0 Å². The molecule has 1 N–H and O–H groups in total. The molecule has 0 amide bonds. The van der Waals surface area contributed by atoms with Gasteiger partial charge in [0.1, 0.15) is 0 Å². The fraction of sp³-hybridized carbons (Fsp3) is 1.00. The van der Waals surface area contributed by atoms with Crippen LogP contribution in [0.25, 0.3) is 0 Å². The fourth-order valence-corrected chi connectivity index (χ4v) is 0.966. The van der Waals surface area contributed by atoms with Gasteiger partial charge in [-0.3, -0.25) is 0 Å². The van der Waals surface area contributed by atoms with Gasteiger partial charge in [0.05, 0.1) is 6.10 Å². The Kier molecular flexibility index (Phi) is 6.98. The minimum Gasteiger partial charge on any atom is -0.397 e. The molecule has 1 heterocycles. The SMILES string of the molecule is CCC1CCCO1.CCO. The molecule has 1 aliphatic rings. The van der Waals surface area contributed by atoms with Crippen LogP contribution in [-0.2, 0) is 4.74 Å². The molecule has 0 aromatic rings. The molecule has 1 atom stereocenters. The number of ether oxygens (including phenoxy) is 1. The van der Waals surface area contributed by atoms with Gasteiger partial charge in [0.2, 0.25) is 0 Å². The van der Waals surface area contributed by atoms with Crippen LogP contribution in [0.3, 0.4) is 0 Å². The molecule has 0 radical (unpaired) electrons. The van der Waals surface area contributed by atoms with Crippen molar-refractivity contribution in [3.05, 3.63) is 0 Å². The van der Waals surface area contributed by atoms with Crippen LogP contribution in [0.1, 0.15) is 33.1 Å². The quantitative estimate of drug-likeness (QED) is 0.608. The van der Waals surface area contributed by atoms with Gasteiger partial charge >= 0.3 is 0 Å². The maximum Gasteiger partial charge on any atom is 0.0573 e. The van der Waals surface area contributed by atoms with Crippen LogP contribution in [0.4, 0.5) is 0 Å². The zero-order valence-corrected chi connectivity index (χ0v) is 6.97. The third-order valence-corrected chi connectivity index (χ3v) is 1.48. The molecule has 1 aliphatic heterocycles. The van der Waals surface area contributed by atoms with Gasteiger partial charge in [-0.15, -0.1) is 0 Å². The Morgan fingerprint density at radius 3 is 2.30 bits per heavy atom. The molecule has 1 unspecified atom stereocenters. The van der Waals surface area contributed by atoms with Crippen molar-refractivity contribution in [3.8, 4) is 0 Å². The van der Waals surface area contributed by atoms with E-state index in [-0.39, 0.29) is 6.61 Å². The van der Waals surface area contributed by atoms with E-state index in [2.05, 4.69) is 6.92 Å². The van der Waals surface area contributed by atoms with Crippen molar-refractivity contribution < 1.29 is 9.84 Å². The minimum atomic E-state index is 0.250. The minimum absolute atomic E-state index is 0.250. The number of aliphatic hydroxyl groups excluding tert-OH is 1. The van der Waals surface area contributed by atoms with Crippen molar-refractivity contribution >= 4 is 0 Å². The summed E-state index contributed by atoms with van der Waals surface area (Å²) in [6, 6.07) is 0. The average Bonchev–Trinajstić information content (AvgIpc) is 2.39. The van der Waals surface area contributed by atoms with Crippen molar-refractivity contribution in [3.63, 3.8) is 0 Å². The summed E-state index contributed by atoms with van der Waals surface area (Å²) in [6.45, 7) is 5.11. The average molecular weight is 146 g/mol. The van der Waals surface area contributed by atoms with Crippen LogP contribution in [0.2, 0.25) is 0 Å². The first-order valence-corrected chi connectivity index (χ1v) is 4.07. The third kappa shape index (κ3) is 4.77. The predicted molar refractivity (Wildman–Crippen MR) is 42.0 cm³/mol. The van der Waals surface area contributed by atoms with Crippen molar-refractivity contribution in [1.82, 2.24) is 0 Å². The molecule has 0 bridgehead atoms. The molecule has 2 heteroatoms.